The minimum atomic E-state index is -1.05. The number of phenols is 1. The number of hydrogen-bond donors (Lipinski definition) is 4. The number of aromatic nitrogens is 5. The molecule has 9 rings (SSSR count). The molecular formula is C57H61ClN10O10. The Morgan fingerprint density at radius 3 is 2.35 bits per heavy atom. The molecule has 0 saturated carbocycles. The number of phenolic OH excluding ortho intramolecular Hbond substituents is 1. The number of aliphatic hydroxyl groups is 1. The van der Waals surface area contributed by atoms with Gasteiger partial charge in [0.1, 0.15) is 43.0 Å². The number of likely N-dealkylation sites (tertiary alicyclic amines) is 1. The Hall–Kier alpha value is -8.07. The zero-order valence-electron chi connectivity index (χ0n) is 44.3. The van der Waals surface area contributed by atoms with Crippen molar-refractivity contribution in [3.8, 4) is 34.1 Å². The van der Waals surface area contributed by atoms with Crippen molar-refractivity contribution >= 4 is 58.2 Å². The Balaban J connectivity index is 0.729. The maximum absolute atomic E-state index is 14.0. The van der Waals surface area contributed by atoms with Crippen LogP contribution in [0.25, 0.3) is 28.4 Å². The lowest BCUT2D eigenvalue weighted by Crippen LogP contribution is -2.57. The van der Waals surface area contributed by atoms with Gasteiger partial charge in [0.25, 0.3) is 0 Å². The Labute approximate surface area is 455 Å². The van der Waals surface area contributed by atoms with E-state index in [1.165, 1.54) is 23.6 Å². The van der Waals surface area contributed by atoms with Crippen LogP contribution in [0.2, 0.25) is 5.02 Å². The van der Waals surface area contributed by atoms with Crippen LogP contribution in [0.1, 0.15) is 88.4 Å². The van der Waals surface area contributed by atoms with Gasteiger partial charge in [0.2, 0.25) is 17.7 Å². The summed E-state index contributed by atoms with van der Waals surface area (Å²) in [6.07, 6.45) is 2.29. The van der Waals surface area contributed by atoms with Crippen molar-refractivity contribution in [1.82, 2.24) is 34.9 Å². The fourth-order valence-corrected chi connectivity index (χ4v) is 9.66. The van der Waals surface area contributed by atoms with Crippen molar-refractivity contribution in [1.29, 1.82) is 0 Å². The van der Waals surface area contributed by atoms with Gasteiger partial charge in [-0.25, -0.2) is 14.8 Å². The van der Waals surface area contributed by atoms with Crippen LogP contribution >= 0.6 is 11.6 Å². The molecular weight excluding hydrogens is 1020 g/mol. The van der Waals surface area contributed by atoms with E-state index in [2.05, 4.69) is 37.7 Å². The summed E-state index contributed by atoms with van der Waals surface area (Å²) in [6.45, 7) is 12.9. The van der Waals surface area contributed by atoms with E-state index in [1.807, 2.05) is 61.7 Å². The third kappa shape index (κ3) is 12.2. The normalized spacial score (nSPS) is 18.3. The van der Waals surface area contributed by atoms with Crippen LogP contribution < -0.4 is 15.4 Å². The van der Waals surface area contributed by atoms with Crippen LogP contribution in [0.3, 0.4) is 0 Å². The molecule has 3 unspecified atom stereocenters. The van der Waals surface area contributed by atoms with Crippen molar-refractivity contribution < 1.29 is 48.0 Å². The Morgan fingerprint density at radius 2 is 1.65 bits per heavy atom. The molecule has 0 aliphatic carbocycles. The molecule has 21 heteroatoms. The first-order valence-corrected chi connectivity index (χ1v) is 26.0. The summed E-state index contributed by atoms with van der Waals surface area (Å²) < 4.78 is 24.4. The monoisotopic (exact) mass is 1080 g/mol. The second-order valence-corrected chi connectivity index (χ2v) is 21.0. The lowest BCUT2D eigenvalue weighted by molar-refractivity contribution is -0.156. The molecule has 3 aliphatic heterocycles. The summed E-state index contributed by atoms with van der Waals surface area (Å²) in [5.41, 5.74) is 6.56. The number of amides is 3. The largest absolute Gasteiger partial charge is 0.504 e. The molecule has 0 radical (unpaired) electrons. The van der Waals surface area contributed by atoms with Crippen LogP contribution in [0, 0.1) is 25.2 Å². The number of nitrogens with zero attached hydrogens (tertiary/aromatic N) is 8. The molecule has 1 saturated heterocycles. The number of fused-ring (bicyclic) bond motifs is 2. The number of aromatic hydroxyl groups is 1. The smallest absolute Gasteiger partial charge is 0.329 e. The summed E-state index contributed by atoms with van der Waals surface area (Å²) >= 11 is 6.25. The molecule has 3 amide bonds. The summed E-state index contributed by atoms with van der Waals surface area (Å²) in [4.78, 5) is 74.2. The van der Waals surface area contributed by atoms with Crippen molar-refractivity contribution in [3.63, 3.8) is 0 Å². The average molecular weight is 1080 g/mol. The number of oxazole rings is 1. The van der Waals surface area contributed by atoms with Crippen molar-refractivity contribution in [2.24, 2.45) is 21.3 Å². The van der Waals surface area contributed by atoms with Crippen LogP contribution in [-0.2, 0) is 35.3 Å². The van der Waals surface area contributed by atoms with Crippen LogP contribution in [0.5, 0.6) is 11.5 Å². The molecule has 0 bridgehead atoms. The van der Waals surface area contributed by atoms with Gasteiger partial charge >= 0.3 is 5.97 Å². The van der Waals surface area contributed by atoms with Gasteiger partial charge in [-0.1, -0.05) is 75.7 Å². The maximum Gasteiger partial charge on any atom is 0.329 e. The highest BCUT2D eigenvalue weighted by Crippen LogP contribution is 2.40. The first kappa shape index (κ1) is 54.7. The molecule has 6 aromatic rings. The van der Waals surface area contributed by atoms with Crippen molar-refractivity contribution in [2.75, 3.05) is 31.7 Å². The summed E-state index contributed by atoms with van der Waals surface area (Å²) in [5.74, 6) is 0.536. The number of aliphatic hydroxyl groups excluding tert-OH is 1. The van der Waals surface area contributed by atoms with E-state index >= 15 is 0 Å². The number of benzene rings is 3. The number of halogens is 1. The molecule has 4 N–H and O–H groups in total. The van der Waals surface area contributed by atoms with Gasteiger partial charge in [0, 0.05) is 58.3 Å². The highest BCUT2D eigenvalue weighted by molar-refractivity contribution is 6.31. The van der Waals surface area contributed by atoms with Gasteiger partial charge in [-0.2, -0.15) is 0 Å². The number of β-amino-alcohol motifs (C(OH)–C–C–N with tert-alkyl or cyclic N) is 1. The minimum absolute atomic E-state index is 0.00334. The average Bonchev–Trinajstić information content (AvgIpc) is 4.28. The zero-order chi connectivity index (χ0) is 55.4. The number of aryl methyl sites for hydroxylation is 2. The van der Waals surface area contributed by atoms with Crippen LogP contribution in [0.4, 0.5) is 5.69 Å². The third-order valence-electron chi connectivity index (χ3n) is 13.8. The first-order valence-electron chi connectivity index (χ1n) is 25.6. The van der Waals surface area contributed by atoms with E-state index in [0.29, 0.717) is 57.3 Å². The van der Waals surface area contributed by atoms with E-state index < -0.39 is 47.4 Å². The number of aliphatic imine (C=N–C) groups is 2. The van der Waals surface area contributed by atoms with E-state index in [1.54, 1.807) is 57.2 Å². The quantitative estimate of drug-likeness (QED) is 0.0472. The SMILES string of the molecule is CC1=NC2=C(C(c3ccc(Cl)cc3)=NC(CC(=O)Nc3ccc(-c4ccc(OCCCOCC(=O)NC(C(=O)N5C[C@H](O)C[C@H]5C(=O)OCc5ccc(-c6ocnc6C)cc5)C(C)(C)C)c(O)c4)nc3)c3nnc(C)n32)C1C. The number of carbonyl (C=O) groups is 4. The molecule has 1 fully saturated rings. The number of carbonyl (C=O) groups excluding carboxylic acids is 4. The fraction of sp³-hybridized carbons (Fsp3) is 0.368. The van der Waals surface area contributed by atoms with Gasteiger partial charge in [-0.05, 0) is 74.2 Å². The van der Waals surface area contributed by atoms with E-state index in [4.69, 9.17) is 40.2 Å². The molecule has 6 heterocycles. The first-order chi connectivity index (χ1) is 37.3. The van der Waals surface area contributed by atoms with E-state index in [-0.39, 0.29) is 69.1 Å². The molecule has 3 aromatic carbocycles. The second kappa shape index (κ2) is 23.3. The standard InChI is InChI=1S/C57H61ClN10O10/c1-31-32(2)61-54-49(31)50(36-13-16-39(58)17-14-36)63-43(53-66-65-34(4)68(53)54)25-47(71)62-40-18-19-42(59-26-40)38-15-20-46(45(70)23-38)76-22-8-21-75-29-48(72)64-52(57(5,6)7)55(73)67-27-41(69)24-44(67)56(74)77-28-35-9-11-37(12-10-35)51-33(3)60-30-78-51/h9-20,23,26,30-31,41,43-44,52,69-70H,8,21-22,24-25,27-29H2,1-7H3,(H,62,71)(H,64,72)/t31?,41-,43?,44+,52?/m1/s1. The number of allylic oxidation sites excluding steroid dienone is 1. The second-order valence-electron chi connectivity index (χ2n) is 20.6. The molecule has 0 spiro atoms. The third-order valence-corrected chi connectivity index (χ3v) is 14.1. The predicted octanol–water partition coefficient (Wildman–Crippen LogP) is 7.84. The zero-order valence-corrected chi connectivity index (χ0v) is 45.1. The molecule has 406 valence electrons. The Bertz CT molecular complexity index is 3310. The summed E-state index contributed by atoms with van der Waals surface area (Å²) in [7, 11) is 0. The number of nitrogens with one attached hydrogen (secondary N) is 2. The topological polar surface area (TPSA) is 258 Å². The van der Waals surface area contributed by atoms with Gasteiger partial charge in [-0.3, -0.25) is 28.9 Å². The molecule has 3 aliphatic rings. The van der Waals surface area contributed by atoms with Gasteiger partial charge in [-0.15, -0.1) is 10.2 Å². The lowest BCUT2D eigenvalue weighted by Gasteiger charge is -2.35. The Kier molecular flexibility index (Phi) is 16.3. The highest BCUT2D eigenvalue weighted by atomic mass is 35.5. The predicted molar refractivity (Wildman–Crippen MR) is 290 cm³/mol. The number of esters is 1. The minimum Gasteiger partial charge on any atom is -0.504 e. The summed E-state index contributed by atoms with van der Waals surface area (Å²) in [5, 5.41) is 36.6. The molecule has 20 nitrogen and oxygen atoms in total. The maximum atomic E-state index is 14.0. The van der Waals surface area contributed by atoms with Gasteiger partial charge in [0.15, 0.2) is 29.5 Å². The number of ether oxygens (including phenoxy) is 3. The molecule has 5 atom stereocenters. The summed E-state index contributed by atoms with van der Waals surface area (Å²) in [6, 6.07) is 20.3. The Morgan fingerprint density at radius 1 is 0.910 bits per heavy atom. The number of pyridine rings is 1. The molecule has 3 aromatic heterocycles. The number of hydrogen-bond acceptors (Lipinski definition) is 16. The van der Waals surface area contributed by atoms with Gasteiger partial charge < -0.3 is 44.4 Å². The number of anilines is 1. The van der Waals surface area contributed by atoms with E-state index in [0.717, 1.165) is 33.7 Å². The number of rotatable bonds is 18. The molecule has 78 heavy (non-hydrogen) atoms. The highest BCUT2D eigenvalue weighted by Gasteiger charge is 2.45. The van der Waals surface area contributed by atoms with Crippen LogP contribution in [-0.4, -0.2) is 120 Å². The van der Waals surface area contributed by atoms with Crippen molar-refractivity contribution in [3.05, 3.63) is 131 Å². The van der Waals surface area contributed by atoms with Crippen molar-refractivity contribution in [2.45, 2.75) is 98.6 Å². The van der Waals surface area contributed by atoms with Crippen LogP contribution in [0.15, 0.2) is 111 Å². The fourth-order valence-electron chi connectivity index (χ4n) is 9.53. The van der Waals surface area contributed by atoms with Gasteiger partial charge in [0.05, 0.1) is 54.7 Å². The van der Waals surface area contributed by atoms with E-state index in [9.17, 15) is 29.4 Å². The lowest BCUT2D eigenvalue weighted by atomic mass is 9.85.